The van der Waals surface area contributed by atoms with Gasteiger partial charge >= 0.3 is 0 Å². The van der Waals surface area contributed by atoms with Gasteiger partial charge in [0.15, 0.2) is 0 Å². The normalized spacial score (nSPS) is 20.4. The van der Waals surface area contributed by atoms with Crippen molar-refractivity contribution >= 4 is 8.07 Å². The molecule has 0 aromatic heterocycles. The first kappa shape index (κ1) is 12.0. The molecule has 1 aliphatic rings. The van der Waals surface area contributed by atoms with E-state index in [1.165, 1.54) is 30.9 Å². The molecule has 2 heteroatoms. The number of hydrogen-bond acceptors (Lipinski definition) is 1. The highest BCUT2D eigenvalue weighted by molar-refractivity contribution is 6.76. The molecule has 14 heavy (non-hydrogen) atoms. The number of aliphatic hydroxyl groups is 1. The first-order valence-corrected chi connectivity index (χ1v) is 9.57. The Labute approximate surface area is 89.2 Å². The van der Waals surface area contributed by atoms with E-state index in [0.29, 0.717) is 0 Å². The standard InChI is InChI=1S/C12H24OSi/c1-14(2,3)10-9-12(13)11-7-5-4-6-8-11/h7,12-13H,4-6,8-10H2,1-3H3. The Balaban J connectivity index is 2.34. The van der Waals surface area contributed by atoms with Crippen molar-refractivity contribution < 1.29 is 5.11 Å². The molecule has 0 radical (unpaired) electrons. The van der Waals surface area contributed by atoms with Crippen LogP contribution in [0.2, 0.25) is 25.7 Å². The monoisotopic (exact) mass is 212 g/mol. The molecule has 82 valence electrons. The molecule has 0 aromatic rings. The first-order chi connectivity index (χ1) is 6.49. The topological polar surface area (TPSA) is 20.2 Å². The van der Waals surface area contributed by atoms with E-state index in [1.54, 1.807) is 0 Å². The van der Waals surface area contributed by atoms with Gasteiger partial charge in [0.05, 0.1) is 6.10 Å². The summed E-state index contributed by atoms with van der Waals surface area (Å²) in [7, 11) is -0.971. The van der Waals surface area contributed by atoms with Crippen molar-refractivity contribution in [2.45, 2.75) is 63.9 Å². The largest absolute Gasteiger partial charge is 0.389 e. The van der Waals surface area contributed by atoms with Crippen LogP contribution in [-0.4, -0.2) is 19.3 Å². The van der Waals surface area contributed by atoms with E-state index < -0.39 is 8.07 Å². The molecule has 0 fully saturated rings. The molecular weight excluding hydrogens is 188 g/mol. The Morgan fingerprint density at radius 2 is 2.07 bits per heavy atom. The van der Waals surface area contributed by atoms with E-state index >= 15 is 0 Å². The van der Waals surface area contributed by atoms with E-state index in [9.17, 15) is 5.11 Å². The van der Waals surface area contributed by atoms with Crippen molar-refractivity contribution in [3.05, 3.63) is 11.6 Å². The highest BCUT2D eigenvalue weighted by atomic mass is 28.3. The Bertz CT molecular complexity index is 203. The van der Waals surface area contributed by atoms with Crippen molar-refractivity contribution in [3.63, 3.8) is 0 Å². The number of aliphatic hydroxyl groups excluding tert-OH is 1. The average Bonchev–Trinajstić information content (AvgIpc) is 2.14. The predicted molar refractivity (Wildman–Crippen MR) is 65.3 cm³/mol. The van der Waals surface area contributed by atoms with Crippen LogP contribution < -0.4 is 0 Å². The molecule has 0 heterocycles. The van der Waals surface area contributed by atoms with Crippen LogP contribution >= 0.6 is 0 Å². The van der Waals surface area contributed by atoms with Gasteiger partial charge in [0, 0.05) is 8.07 Å². The van der Waals surface area contributed by atoms with Gasteiger partial charge in [-0.3, -0.25) is 0 Å². The minimum atomic E-state index is -0.971. The van der Waals surface area contributed by atoms with Gasteiger partial charge in [0.25, 0.3) is 0 Å². The molecule has 1 unspecified atom stereocenters. The molecule has 0 aliphatic heterocycles. The van der Waals surface area contributed by atoms with E-state index in [-0.39, 0.29) is 6.10 Å². The lowest BCUT2D eigenvalue weighted by Crippen LogP contribution is -2.23. The molecule has 1 aliphatic carbocycles. The van der Waals surface area contributed by atoms with Crippen LogP contribution in [0.3, 0.4) is 0 Å². The van der Waals surface area contributed by atoms with Gasteiger partial charge in [-0.1, -0.05) is 31.8 Å². The van der Waals surface area contributed by atoms with Crippen LogP contribution in [-0.2, 0) is 0 Å². The Hall–Kier alpha value is -0.0831. The third kappa shape index (κ3) is 4.42. The average molecular weight is 212 g/mol. The van der Waals surface area contributed by atoms with Gasteiger partial charge in [-0.05, 0) is 37.7 Å². The molecular formula is C12H24OSi. The van der Waals surface area contributed by atoms with Crippen molar-refractivity contribution in [2.24, 2.45) is 0 Å². The van der Waals surface area contributed by atoms with Crippen molar-refractivity contribution in [1.82, 2.24) is 0 Å². The van der Waals surface area contributed by atoms with E-state index in [1.807, 2.05) is 0 Å². The fraction of sp³-hybridized carbons (Fsp3) is 0.833. The summed E-state index contributed by atoms with van der Waals surface area (Å²) in [5.41, 5.74) is 1.31. The van der Waals surface area contributed by atoms with Gasteiger partial charge in [0.2, 0.25) is 0 Å². The van der Waals surface area contributed by atoms with Crippen LogP contribution in [0, 0.1) is 0 Å². The molecule has 1 atom stereocenters. The summed E-state index contributed by atoms with van der Waals surface area (Å²) >= 11 is 0. The van der Waals surface area contributed by atoms with Crippen LogP contribution in [0.4, 0.5) is 0 Å². The molecule has 0 saturated carbocycles. The summed E-state index contributed by atoms with van der Waals surface area (Å²) in [4.78, 5) is 0. The number of hydrogen-bond donors (Lipinski definition) is 1. The zero-order chi connectivity index (χ0) is 10.6. The first-order valence-electron chi connectivity index (χ1n) is 5.86. The SMILES string of the molecule is C[Si](C)(C)CCC(O)C1=CCCCC1. The van der Waals surface area contributed by atoms with Crippen molar-refractivity contribution in [2.75, 3.05) is 0 Å². The zero-order valence-electron chi connectivity index (χ0n) is 9.84. The molecule has 0 amide bonds. The van der Waals surface area contributed by atoms with Crippen molar-refractivity contribution in [3.8, 4) is 0 Å². The van der Waals surface area contributed by atoms with Gasteiger partial charge < -0.3 is 5.11 Å². The summed E-state index contributed by atoms with van der Waals surface area (Å²) in [6, 6.07) is 1.24. The Morgan fingerprint density at radius 3 is 2.57 bits per heavy atom. The molecule has 1 nitrogen and oxygen atoms in total. The summed E-state index contributed by atoms with van der Waals surface area (Å²) in [6.45, 7) is 7.11. The van der Waals surface area contributed by atoms with Gasteiger partial charge in [-0.2, -0.15) is 0 Å². The fourth-order valence-corrected chi connectivity index (χ4v) is 3.06. The summed E-state index contributed by atoms with van der Waals surface area (Å²) in [5, 5.41) is 9.99. The molecule has 0 aromatic carbocycles. The molecule has 1 N–H and O–H groups in total. The minimum absolute atomic E-state index is 0.137. The second-order valence-corrected chi connectivity index (χ2v) is 11.3. The number of allylic oxidation sites excluding steroid dienone is 1. The fourth-order valence-electron chi connectivity index (χ4n) is 1.92. The summed E-state index contributed by atoms with van der Waals surface area (Å²) in [6.07, 6.45) is 8.01. The summed E-state index contributed by atoms with van der Waals surface area (Å²) < 4.78 is 0. The van der Waals surface area contributed by atoms with Gasteiger partial charge in [-0.15, -0.1) is 0 Å². The smallest absolute Gasteiger partial charge is 0.0747 e. The maximum Gasteiger partial charge on any atom is 0.0747 e. The van der Waals surface area contributed by atoms with Gasteiger partial charge in [0.1, 0.15) is 0 Å². The third-order valence-electron chi connectivity index (χ3n) is 2.92. The second-order valence-electron chi connectivity index (χ2n) is 5.64. The van der Waals surface area contributed by atoms with Crippen LogP contribution in [0.15, 0.2) is 11.6 Å². The molecule has 0 saturated heterocycles. The molecule has 0 bridgehead atoms. The van der Waals surface area contributed by atoms with Crippen LogP contribution in [0.25, 0.3) is 0 Å². The molecule has 1 rings (SSSR count). The lowest BCUT2D eigenvalue weighted by molar-refractivity contribution is 0.199. The van der Waals surface area contributed by atoms with Gasteiger partial charge in [-0.25, -0.2) is 0 Å². The minimum Gasteiger partial charge on any atom is -0.389 e. The van der Waals surface area contributed by atoms with E-state index in [2.05, 4.69) is 25.7 Å². The lowest BCUT2D eigenvalue weighted by Gasteiger charge is -2.22. The summed E-state index contributed by atoms with van der Waals surface area (Å²) in [5.74, 6) is 0. The highest BCUT2D eigenvalue weighted by Gasteiger charge is 2.18. The van der Waals surface area contributed by atoms with E-state index in [0.717, 1.165) is 12.8 Å². The van der Waals surface area contributed by atoms with Crippen LogP contribution in [0.5, 0.6) is 0 Å². The van der Waals surface area contributed by atoms with Crippen LogP contribution in [0.1, 0.15) is 32.1 Å². The maximum atomic E-state index is 9.99. The lowest BCUT2D eigenvalue weighted by atomic mass is 9.94. The third-order valence-corrected chi connectivity index (χ3v) is 4.71. The van der Waals surface area contributed by atoms with Crippen molar-refractivity contribution in [1.29, 1.82) is 0 Å². The second kappa shape index (κ2) is 5.13. The highest BCUT2D eigenvalue weighted by Crippen LogP contribution is 2.24. The maximum absolute atomic E-state index is 9.99. The predicted octanol–water partition coefficient (Wildman–Crippen LogP) is 3.58. The van der Waals surface area contributed by atoms with E-state index in [4.69, 9.17) is 0 Å². The quantitative estimate of drug-likeness (QED) is 0.558. The zero-order valence-corrected chi connectivity index (χ0v) is 10.8. The Morgan fingerprint density at radius 1 is 1.36 bits per heavy atom. The Kier molecular flexibility index (Phi) is 4.39. The number of rotatable bonds is 4. The molecule has 0 spiro atoms.